The molecule has 1 unspecified atom stereocenters. The van der Waals surface area contributed by atoms with Gasteiger partial charge in [0.1, 0.15) is 0 Å². The number of rotatable bonds is 5. The summed E-state index contributed by atoms with van der Waals surface area (Å²) in [5, 5.41) is 0. The maximum Gasteiger partial charge on any atom is 0.306 e. The Bertz CT molecular complexity index is 794. The van der Waals surface area contributed by atoms with Crippen molar-refractivity contribution in [3.63, 3.8) is 0 Å². The molecule has 0 aliphatic rings. The van der Waals surface area contributed by atoms with Gasteiger partial charge in [-0.1, -0.05) is 84.9 Å². The highest BCUT2D eigenvalue weighted by Gasteiger charge is 2.19. The minimum absolute atomic E-state index is 0.0117. The maximum atomic E-state index is 11.9. The van der Waals surface area contributed by atoms with Crippen LogP contribution in [0.4, 0.5) is 0 Å². The van der Waals surface area contributed by atoms with Crippen LogP contribution in [0.3, 0.4) is 0 Å². The molecule has 0 bridgehead atoms. The van der Waals surface area contributed by atoms with E-state index in [9.17, 15) is 4.79 Å². The van der Waals surface area contributed by atoms with Gasteiger partial charge in [-0.25, -0.2) is 0 Å². The minimum Gasteiger partial charge on any atom is -0.469 e. The predicted molar refractivity (Wildman–Crippen MR) is 96.8 cm³/mol. The topological polar surface area (TPSA) is 26.3 Å². The lowest BCUT2D eigenvalue weighted by Crippen LogP contribution is -2.10. The number of carbonyl (C=O) groups is 1. The summed E-state index contributed by atoms with van der Waals surface area (Å²) < 4.78 is 4.90. The Hall–Kier alpha value is -2.87. The van der Waals surface area contributed by atoms with Gasteiger partial charge in [-0.15, -0.1) is 0 Å². The molecule has 0 aliphatic carbocycles. The highest BCUT2D eigenvalue weighted by Crippen LogP contribution is 2.31. The summed E-state index contributed by atoms with van der Waals surface area (Å²) in [6.45, 7) is 0. The first-order valence-electron chi connectivity index (χ1n) is 8.05. The Morgan fingerprint density at radius 2 is 1.38 bits per heavy atom. The van der Waals surface area contributed by atoms with E-state index in [0.717, 1.165) is 16.7 Å². The second kappa shape index (κ2) is 7.60. The number of ether oxygens (including phenoxy) is 1. The molecule has 0 N–H and O–H groups in total. The third-order valence-electron chi connectivity index (χ3n) is 4.20. The normalized spacial score (nSPS) is 11.7. The van der Waals surface area contributed by atoms with Crippen LogP contribution in [-0.4, -0.2) is 13.1 Å². The van der Waals surface area contributed by atoms with Crippen LogP contribution in [0.5, 0.6) is 0 Å². The first kappa shape index (κ1) is 16.0. The van der Waals surface area contributed by atoms with E-state index in [1.165, 1.54) is 12.7 Å². The van der Waals surface area contributed by atoms with E-state index < -0.39 is 0 Å². The zero-order valence-corrected chi connectivity index (χ0v) is 13.7. The fourth-order valence-electron chi connectivity index (χ4n) is 2.93. The van der Waals surface area contributed by atoms with E-state index in [4.69, 9.17) is 4.74 Å². The summed E-state index contributed by atoms with van der Waals surface area (Å²) in [4.78, 5) is 11.9. The lowest BCUT2D eigenvalue weighted by Gasteiger charge is -2.18. The molecule has 120 valence electrons. The van der Waals surface area contributed by atoms with Crippen molar-refractivity contribution in [1.29, 1.82) is 0 Å². The van der Waals surface area contributed by atoms with Crippen molar-refractivity contribution in [2.45, 2.75) is 12.3 Å². The van der Waals surface area contributed by atoms with Gasteiger partial charge in [-0.2, -0.15) is 0 Å². The van der Waals surface area contributed by atoms with E-state index in [1.54, 1.807) is 0 Å². The molecule has 0 aliphatic heterocycles. The Kier molecular flexibility index (Phi) is 5.07. The molecule has 0 aromatic heterocycles. The molecule has 0 spiro atoms. The Balaban J connectivity index is 2.00. The first-order chi connectivity index (χ1) is 11.8. The molecule has 1 atom stereocenters. The summed E-state index contributed by atoms with van der Waals surface area (Å²) in [7, 11) is 1.44. The number of methoxy groups -OCH3 is 1. The average molecular weight is 316 g/mol. The fraction of sp³-hybridized carbons (Fsp3) is 0.136. The molecule has 0 amide bonds. The molecular weight excluding hydrogens is 296 g/mol. The Morgan fingerprint density at radius 1 is 0.792 bits per heavy atom. The van der Waals surface area contributed by atoms with Crippen LogP contribution >= 0.6 is 0 Å². The van der Waals surface area contributed by atoms with Gasteiger partial charge in [-0.3, -0.25) is 4.79 Å². The summed E-state index contributed by atoms with van der Waals surface area (Å²) in [5.41, 5.74) is 4.56. The quantitative estimate of drug-likeness (QED) is 0.616. The molecule has 0 heterocycles. The van der Waals surface area contributed by atoms with E-state index in [0.29, 0.717) is 6.42 Å². The second-order valence-corrected chi connectivity index (χ2v) is 5.74. The van der Waals surface area contributed by atoms with Crippen LogP contribution in [0, 0.1) is 0 Å². The van der Waals surface area contributed by atoms with Crippen molar-refractivity contribution in [2.75, 3.05) is 7.11 Å². The standard InChI is InChI=1S/C22H20O2/c1-24-22(23)16-21(18-11-6-3-7-12-18)20-14-8-13-19(15-20)17-9-4-2-5-10-17/h2-15,21H,16H2,1H3. The predicted octanol–water partition coefficient (Wildman–Crippen LogP) is 5.05. The molecule has 0 radical (unpaired) electrons. The minimum atomic E-state index is -0.200. The number of hydrogen-bond acceptors (Lipinski definition) is 2. The van der Waals surface area contributed by atoms with Crippen molar-refractivity contribution < 1.29 is 9.53 Å². The largest absolute Gasteiger partial charge is 0.469 e. The zero-order valence-electron chi connectivity index (χ0n) is 13.7. The van der Waals surface area contributed by atoms with Gasteiger partial charge in [-0.05, 0) is 22.3 Å². The molecule has 0 saturated carbocycles. The van der Waals surface area contributed by atoms with Gasteiger partial charge in [0.2, 0.25) is 0 Å². The second-order valence-electron chi connectivity index (χ2n) is 5.74. The lowest BCUT2D eigenvalue weighted by molar-refractivity contribution is -0.140. The molecule has 24 heavy (non-hydrogen) atoms. The van der Waals surface area contributed by atoms with Crippen LogP contribution in [0.25, 0.3) is 11.1 Å². The zero-order chi connectivity index (χ0) is 16.8. The van der Waals surface area contributed by atoms with Crippen molar-refractivity contribution in [1.82, 2.24) is 0 Å². The smallest absolute Gasteiger partial charge is 0.306 e. The first-order valence-corrected chi connectivity index (χ1v) is 8.05. The molecule has 2 heteroatoms. The van der Waals surface area contributed by atoms with E-state index in [1.807, 2.05) is 42.5 Å². The molecule has 3 aromatic rings. The van der Waals surface area contributed by atoms with E-state index >= 15 is 0 Å². The molecule has 0 saturated heterocycles. The molecule has 0 fully saturated rings. The molecule has 2 nitrogen and oxygen atoms in total. The van der Waals surface area contributed by atoms with Crippen LogP contribution in [0.15, 0.2) is 84.9 Å². The van der Waals surface area contributed by atoms with E-state index in [-0.39, 0.29) is 11.9 Å². The van der Waals surface area contributed by atoms with Gasteiger partial charge in [0.15, 0.2) is 0 Å². The Morgan fingerprint density at radius 3 is 2.04 bits per heavy atom. The van der Waals surface area contributed by atoms with Gasteiger partial charge in [0.05, 0.1) is 13.5 Å². The van der Waals surface area contributed by atoms with Crippen LogP contribution < -0.4 is 0 Å². The maximum absolute atomic E-state index is 11.9. The number of benzene rings is 3. The van der Waals surface area contributed by atoms with Crippen molar-refractivity contribution in [2.24, 2.45) is 0 Å². The van der Waals surface area contributed by atoms with Crippen molar-refractivity contribution in [3.8, 4) is 11.1 Å². The third-order valence-corrected chi connectivity index (χ3v) is 4.20. The number of carbonyl (C=O) groups excluding carboxylic acids is 1. The Labute approximate surface area is 142 Å². The lowest BCUT2D eigenvalue weighted by atomic mass is 9.87. The highest BCUT2D eigenvalue weighted by molar-refractivity contribution is 5.72. The molecule has 3 aromatic carbocycles. The number of hydrogen-bond donors (Lipinski definition) is 0. The SMILES string of the molecule is COC(=O)CC(c1ccccc1)c1cccc(-c2ccccc2)c1. The monoisotopic (exact) mass is 316 g/mol. The van der Waals surface area contributed by atoms with E-state index in [2.05, 4.69) is 42.5 Å². The summed E-state index contributed by atoms with van der Waals surface area (Å²) in [5.74, 6) is -0.212. The van der Waals surface area contributed by atoms with Gasteiger partial charge < -0.3 is 4.74 Å². The van der Waals surface area contributed by atoms with Crippen LogP contribution in [-0.2, 0) is 9.53 Å². The fourth-order valence-corrected chi connectivity index (χ4v) is 2.93. The molecular formula is C22H20O2. The number of esters is 1. The summed E-state index contributed by atoms with van der Waals surface area (Å²) >= 11 is 0. The summed E-state index contributed by atoms with van der Waals surface area (Å²) in [6.07, 6.45) is 0.332. The average Bonchev–Trinajstić information content (AvgIpc) is 2.67. The van der Waals surface area contributed by atoms with Gasteiger partial charge in [0.25, 0.3) is 0 Å². The van der Waals surface area contributed by atoms with Gasteiger partial charge in [0, 0.05) is 5.92 Å². The summed E-state index contributed by atoms with van der Waals surface area (Å²) in [6, 6.07) is 28.8. The third kappa shape index (κ3) is 3.72. The molecule has 3 rings (SSSR count). The van der Waals surface area contributed by atoms with Crippen LogP contribution in [0.2, 0.25) is 0 Å². The van der Waals surface area contributed by atoms with Gasteiger partial charge >= 0.3 is 5.97 Å². The van der Waals surface area contributed by atoms with Crippen molar-refractivity contribution in [3.05, 3.63) is 96.1 Å². The van der Waals surface area contributed by atoms with Crippen LogP contribution in [0.1, 0.15) is 23.5 Å². The highest BCUT2D eigenvalue weighted by atomic mass is 16.5. The van der Waals surface area contributed by atoms with Crippen molar-refractivity contribution >= 4 is 5.97 Å².